The zero-order chi connectivity index (χ0) is 13.2. The molecule has 1 aromatic carbocycles. The fourth-order valence-corrected chi connectivity index (χ4v) is 1.98. The van der Waals surface area contributed by atoms with Gasteiger partial charge in [-0.2, -0.15) is 5.10 Å². The van der Waals surface area contributed by atoms with Crippen molar-refractivity contribution < 1.29 is 4.74 Å². The lowest BCUT2D eigenvalue weighted by atomic mass is 9.93. The Morgan fingerprint density at radius 3 is 3.06 bits per heavy atom. The van der Waals surface area contributed by atoms with E-state index in [9.17, 15) is 0 Å². The number of benzene rings is 1. The van der Waals surface area contributed by atoms with Crippen LogP contribution in [0.1, 0.15) is 31.4 Å². The lowest BCUT2D eigenvalue weighted by Gasteiger charge is -2.32. The molecular weight excluding hydrogens is 246 g/mol. The molecule has 96 valence electrons. The molecule has 0 unspecified atom stereocenters. The Morgan fingerprint density at radius 2 is 2.33 bits per heavy atom. The number of ether oxygens (including phenoxy) is 1. The normalized spacial score (nSPS) is 17.0. The van der Waals surface area contributed by atoms with Crippen molar-refractivity contribution >= 4 is 23.5 Å². The molecule has 0 amide bonds. The summed E-state index contributed by atoms with van der Waals surface area (Å²) in [5, 5.41) is 4.10. The lowest BCUT2D eigenvalue weighted by molar-refractivity contribution is 0.0847. The summed E-state index contributed by atoms with van der Waals surface area (Å²) in [7, 11) is 0. The van der Waals surface area contributed by atoms with Gasteiger partial charge in [0.05, 0.1) is 6.21 Å². The van der Waals surface area contributed by atoms with Gasteiger partial charge in [-0.1, -0.05) is 0 Å². The summed E-state index contributed by atoms with van der Waals surface area (Å²) in [4.78, 5) is 0. The Balaban J connectivity index is 2.14. The number of nitrogens with one attached hydrogen (secondary N) is 1. The minimum atomic E-state index is -0.0735. The Labute approximate surface area is 112 Å². The first-order valence-corrected chi connectivity index (χ1v) is 6.27. The number of aryl methyl sites for hydroxylation is 1. The van der Waals surface area contributed by atoms with Crippen molar-refractivity contribution in [3.05, 3.63) is 29.3 Å². The Hall–Kier alpha value is -1.62. The highest BCUT2D eigenvalue weighted by Crippen LogP contribution is 2.33. The van der Waals surface area contributed by atoms with E-state index >= 15 is 0 Å². The van der Waals surface area contributed by atoms with Gasteiger partial charge in [0.1, 0.15) is 11.4 Å². The summed E-state index contributed by atoms with van der Waals surface area (Å²) in [5.41, 5.74) is 9.96. The number of nitrogens with two attached hydrogens (primary N) is 1. The molecule has 4 nitrogen and oxygen atoms in total. The smallest absolute Gasteiger partial charge is 0.184 e. The average Bonchev–Trinajstić information content (AvgIpc) is 2.28. The van der Waals surface area contributed by atoms with Gasteiger partial charge in [-0.25, -0.2) is 0 Å². The molecule has 1 aliphatic heterocycles. The summed E-state index contributed by atoms with van der Waals surface area (Å²) in [5.74, 6) is 0.964. The Bertz CT molecular complexity index is 497. The molecule has 0 aromatic heterocycles. The molecule has 18 heavy (non-hydrogen) atoms. The van der Waals surface area contributed by atoms with Crippen molar-refractivity contribution in [3.63, 3.8) is 0 Å². The van der Waals surface area contributed by atoms with Gasteiger partial charge in [0.25, 0.3) is 0 Å². The van der Waals surface area contributed by atoms with E-state index < -0.39 is 0 Å². The maximum Gasteiger partial charge on any atom is 0.184 e. The van der Waals surface area contributed by atoms with E-state index in [1.165, 1.54) is 5.56 Å². The first-order valence-electron chi connectivity index (χ1n) is 5.87. The van der Waals surface area contributed by atoms with Crippen molar-refractivity contribution in [3.8, 4) is 5.75 Å². The molecule has 0 atom stereocenters. The van der Waals surface area contributed by atoms with Crippen molar-refractivity contribution in [1.82, 2.24) is 5.43 Å². The highest BCUT2D eigenvalue weighted by atomic mass is 32.1. The fourth-order valence-electron chi connectivity index (χ4n) is 1.93. The summed E-state index contributed by atoms with van der Waals surface area (Å²) in [6.07, 6.45) is 3.73. The molecule has 0 radical (unpaired) electrons. The van der Waals surface area contributed by atoms with Crippen LogP contribution in [0.4, 0.5) is 0 Å². The van der Waals surface area contributed by atoms with Gasteiger partial charge in [-0.05, 0) is 68.2 Å². The van der Waals surface area contributed by atoms with Crippen LogP contribution in [-0.2, 0) is 6.42 Å². The van der Waals surface area contributed by atoms with Crippen LogP contribution in [0.3, 0.4) is 0 Å². The molecule has 5 heteroatoms. The zero-order valence-electron chi connectivity index (χ0n) is 10.6. The minimum absolute atomic E-state index is 0.0735. The number of rotatable bonds is 2. The third-order valence-electron chi connectivity index (χ3n) is 2.86. The van der Waals surface area contributed by atoms with Gasteiger partial charge >= 0.3 is 0 Å². The summed E-state index contributed by atoms with van der Waals surface area (Å²) in [6, 6.07) is 6.03. The highest BCUT2D eigenvalue weighted by molar-refractivity contribution is 7.80. The molecule has 0 aliphatic carbocycles. The predicted molar refractivity (Wildman–Crippen MR) is 77.0 cm³/mol. The molecule has 2 rings (SSSR count). The van der Waals surface area contributed by atoms with Crippen molar-refractivity contribution in [1.29, 1.82) is 0 Å². The fraction of sp³-hybridized carbons (Fsp3) is 0.385. The van der Waals surface area contributed by atoms with Crippen LogP contribution in [0.2, 0.25) is 0 Å². The Morgan fingerprint density at radius 1 is 1.56 bits per heavy atom. The zero-order valence-corrected chi connectivity index (χ0v) is 11.4. The molecule has 0 fully saturated rings. The van der Waals surface area contributed by atoms with Gasteiger partial charge < -0.3 is 10.5 Å². The Kier molecular flexibility index (Phi) is 3.52. The van der Waals surface area contributed by atoms with E-state index in [-0.39, 0.29) is 10.7 Å². The maximum absolute atomic E-state index is 5.92. The van der Waals surface area contributed by atoms with E-state index in [1.807, 2.05) is 12.1 Å². The largest absolute Gasteiger partial charge is 0.488 e. The van der Waals surface area contributed by atoms with Gasteiger partial charge in [-0.3, -0.25) is 5.43 Å². The quantitative estimate of drug-likeness (QED) is 0.486. The van der Waals surface area contributed by atoms with Crippen LogP contribution in [0.15, 0.2) is 23.3 Å². The van der Waals surface area contributed by atoms with Crippen molar-refractivity contribution in [2.24, 2.45) is 10.8 Å². The standard InChI is InChI=1S/C13H17N3OS/c1-13(2)6-5-10-7-9(3-4-11(10)17-13)8-15-16-12(14)18/h3-4,7-8H,5-6H2,1-2H3,(H3,14,16,18). The van der Waals surface area contributed by atoms with E-state index in [4.69, 9.17) is 10.5 Å². The van der Waals surface area contributed by atoms with Crippen molar-refractivity contribution in [2.45, 2.75) is 32.3 Å². The van der Waals surface area contributed by atoms with E-state index in [0.29, 0.717) is 0 Å². The van der Waals surface area contributed by atoms with Crippen LogP contribution in [0.25, 0.3) is 0 Å². The summed E-state index contributed by atoms with van der Waals surface area (Å²) in [6.45, 7) is 4.22. The third-order valence-corrected chi connectivity index (χ3v) is 2.95. The SMILES string of the molecule is CC1(C)CCc2cc(C=NNC(N)=S)ccc2O1. The highest BCUT2D eigenvalue weighted by Gasteiger charge is 2.26. The summed E-state index contributed by atoms with van der Waals surface area (Å²) < 4.78 is 5.92. The van der Waals surface area contributed by atoms with Gasteiger partial charge in [0.2, 0.25) is 0 Å². The second-order valence-corrected chi connectivity index (χ2v) is 5.40. The first-order chi connectivity index (χ1) is 8.46. The van der Waals surface area contributed by atoms with Crippen LogP contribution < -0.4 is 15.9 Å². The second-order valence-electron chi connectivity index (χ2n) is 4.96. The van der Waals surface area contributed by atoms with E-state index in [1.54, 1.807) is 6.21 Å². The second kappa shape index (κ2) is 4.94. The van der Waals surface area contributed by atoms with E-state index in [0.717, 1.165) is 24.2 Å². The minimum Gasteiger partial charge on any atom is -0.488 e. The van der Waals surface area contributed by atoms with Gasteiger partial charge in [-0.15, -0.1) is 0 Å². The number of hydrazone groups is 1. The molecular formula is C13H17N3OS. The number of hydrogen-bond donors (Lipinski definition) is 2. The molecule has 0 bridgehead atoms. The molecule has 1 aliphatic rings. The lowest BCUT2D eigenvalue weighted by Crippen LogP contribution is -2.32. The average molecular weight is 263 g/mol. The third kappa shape index (κ3) is 3.20. The predicted octanol–water partition coefficient (Wildman–Crippen LogP) is 1.96. The van der Waals surface area contributed by atoms with Crippen molar-refractivity contribution in [2.75, 3.05) is 0 Å². The topological polar surface area (TPSA) is 59.6 Å². The number of hydrogen-bond acceptors (Lipinski definition) is 3. The first kappa shape index (κ1) is 12.8. The molecule has 1 heterocycles. The molecule has 1 aromatic rings. The number of nitrogens with zero attached hydrogens (tertiary/aromatic N) is 1. The van der Waals surface area contributed by atoms with Crippen LogP contribution >= 0.6 is 12.2 Å². The molecule has 0 saturated carbocycles. The maximum atomic E-state index is 5.92. The van der Waals surface area contributed by atoms with Crippen LogP contribution in [0, 0.1) is 0 Å². The van der Waals surface area contributed by atoms with E-state index in [2.05, 4.69) is 42.7 Å². The molecule has 3 N–H and O–H groups in total. The number of fused-ring (bicyclic) bond motifs is 1. The van der Waals surface area contributed by atoms with Gasteiger partial charge in [0.15, 0.2) is 5.11 Å². The monoisotopic (exact) mass is 263 g/mol. The van der Waals surface area contributed by atoms with Crippen LogP contribution in [0.5, 0.6) is 5.75 Å². The van der Waals surface area contributed by atoms with Crippen LogP contribution in [-0.4, -0.2) is 16.9 Å². The molecule has 0 saturated heterocycles. The summed E-state index contributed by atoms with van der Waals surface area (Å²) >= 11 is 4.67. The molecule has 0 spiro atoms. The van der Waals surface area contributed by atoms with Gasteiger partial charge in [0, 0.05) is 0 Å². The number of thiocarbonyl (C=S) groups is 1.